The SMILES string of the molecule is C=CC(CCCCCCCCC)(OC)OCC. The third-order valence-corrected chi connectivity index (χ3v) is 3.17. The van der Waals surface area contributed by atoms with E-state index in [0.717, 1.165) is 12.8 Å². The third kappa shape index (κ3) is 7.56. The highest BCUT2D eigenvalue weighted by Crippen LogP contribution is 2.22. The molecular formula is C15H30O2. The molecule has 0 radical (unpaired) electrons. The van der Waals surface area contributed by atoms with Gasteiger partial charge in [0, 0.05) is 20.1 Å². The lowest BCUT2D eigenvalue weighted by Crippen LogP contribution is -2.32. The monoisotopic (exact) mass is 242 g/mol. The zero-order valence-corrected chi connectivity index (χ0v) is 12.0. The van der Waals surface area contributed by atoms with Crippen LogP contribution in [0.15, 0.2) is 12.7 Å². The van der Waals surface area contributed by atoms with Crippen LogP contribution in [0.3, 0.4) is 0 Å². The molecular weight excluding hydrogens is 212 g/mol. The van der Waals surface area contributed by atoms with Crippen molar-refractivity contribution < 1.29 is 9.47 Å². The lowest BCUT2D eigenvalue weighted by molar-refractivity contribution is -0.189. The van der Waals surface area contributed by atoms with Crippen LogP contribution in [0.25, 0.3) is 0 Å². The minimum absolute atomic E-state index is 0.557. The van der Waals surface area contributed by atoms with Gasteiger partial charge in [0.05, 0.1) is 0 Å². The van der Waals surface area contributed by atoms with Crippen molar-refractivity contribution in [1.82, 2.24) is 0 Å². The van der Waals surface area contributed by atoms with Crippen LogP contribution in [0.1, 0.15) is 65.2 Å². The number of methoxy groups -OCH3 is 1. The Hall–Kier alpha value is -0.340. The van der Waals surface area contributed by atoms with Crippen molar-refractivity contribution in [2.75, 3.05) is 13.7 Å². The topological polar surface area (TPSA) is 18.5 Å². The fourth-order valence-electron chi connectivity index (χ4n) is 2.05. The highest BCUT2D eigenvalue weighted by Gasteiger charge is 2.25. The smallest absolute Gasteiger partial charge is 0.187 e. The predicted octanol–water partition coefficient (Wildman–Crippen LogP) is 4.69. The predicted molar refractivity (Wildman–Crippen MR) is 74.2 cm³/mol. The molecule has 1 unspecified atom stereocenters. The van der Waals surface area contributed by atoms with Gasteiger partial charge in [-0.15, -0.1) is 0 Å². The van der Waals surface area contributed by atoms with Crippen LogP contribution in [-0.2, 0) is 9.47 Å². The summed E-state index contributed by atoms with van der Waals surface area (Å²) in [7, 11) is 1.69. The molecule has 17 heavy (non-hydrogen) atoms. The molecule has 0 spiro atoms. The van der Waals surface area contributed by atoms with Crippen molar-refractivity contribution in [3.05, 3.63) is 12.7 Å². The summed E-state index contributed by atoms with van der Waals surface area (Å²) in [4.78, 5) is 0. The number of hydrogen-bond donors (Lipinski definition) is 0. The van der Waals surface area contributed by atoms with Crippen molar-refractivity contribution in [2.24, 2.45) is 0 Å². The minimum atomic E-state index is -0.557. The first kappa shape index (κ1) is 16.7. The van der Waals surface area contributed by atoms with Gasteiger partial charge in [-0.3, -0.25) is 0 Å². The molecule has 1 atom stereocenters. The number of unbranched alkanes of at least 4 members (excludes halogenated alkanes) is 6. The highest BCUT2D eigenvalue weighted by atomic mass is 16.7. The molecule has 2 nitrogen and oxygen atoms in total. The third-order valence-electron chi connectivity index (χ3n) is 3.17. The van der Waals surface area contributed by atoms with Crippen LogP contribution < -0.4 is 0 Å². The first-order valence-electron chi connectivity index (χ1n) is 7.07. The molecule has 102 valence electrons. The molecule has 0 rings (SSSR count). The molecule has 0 bridgehead atoms. The van der Waals surface area contributed by atoms with Crippen molar-refractivity contribution in [1.29, 1.82) is 0 Å². The summed E-state index contributed by atoms with van der Waals surface area (Å²) in [6.07, 6.45) is 11.8. The van der Waals surface area contributed by atoms with Gasteiger partial charge in [-0.1, -0.05) is 52.0 Å². The Morgan fingerprint density at radius 1 is 1.00 bits per heavy atom. The standard InChI is InChI=1S/C15H30O2/c1-5-8-9-10-11-12-13-14-15(6-2,16-4)17-7-3/h6H,2,5,7-14H2,1,3-4H3. The summed E-state index contributed by atoms with van der Waals surface area (Å²) in [6.45, 7) is 8.71. The Kier molecular flexibility index (Phi) is 10.6. The molecule has 0 aromatic carbocycles. The van der Waals surface area contributed by atoms with E-state index in [-0.39, 0.29) is 0 Å². The van der Waals surface area contributed by atoms with Gasteiger partial charge in [-0.05, 0) is 19.4 Å². The van der Waals surface area contributed by atoms with E-state index in [1.54, 1.807) is 13.2 Å². The first-order chi connectivity index (χ1) is 8.24. The minimum Gasteiger partial charge on any atom is -0.350 e. The summed E-state index contributed by atoms with van der Waals surface area (Å²) in [5, 5.41) is 0. The summed E-state index contributed by atoms with van der Waals surface area (Å²) >= 11 is 0. The Balaban J connectivity index is 3.64. The Morgan fingerprint density at radius 2 is 1.59 bits per heavy atom. The van der Waals surface area contributed by atoms with Crippen LogP contribution in [0.5, 0.6) is 0 Å². The maximum absolute atomic E-state index is 5.63. The average Bonchev–Trinajstić information content (AvgIpc) is 2.36. The van der Waals surface area contributed by atoms with Crippen molar-refractivity contribution in [2.45, 2.75) is 71.0 Å². The molecule has 2 heteroatoms. The second-order valence-corrected chi connectivity index (χ2v) is 4.52. The summed E-state index contributed by atoms with van der Waals surface area (Å²) in [5.74, 6) is -0.557. The Labute approximate surface area is 107 Å². The molecule has 0 aliphatic heterocycles. The molecule has 0 saturated carbocycles. The summed E-state index contributed by atoms with van der Waals surface area (Å²) in [5.41, 5.74) is 0. The second kappa shape index (κ2) is 10.8. The molecule has 0 aliphatic rings. The Bertz CT molecular complexity index is 180. The van der Waals surface area contributed by atoms with Crippen LogP contribution >= 0.6 is 0 Å². The summed E-state index contributed by atoms with van der Waals surface area (Å²) < 4.78 is 11.1. The molecule has 0 amide bonds. The van der Waals surface area contributed by atoms with E-state index in [2.05, 4.69) is 13.5 Å². The van der Waals surface area contributed by atoms with Gasteiger partial charge < -0.3 is 9.47 Å². The molecule has 0 aromatic rings. The normalized spacial score (nSPS) is 14.5. The number of rotatable bonds is 12. The average molecular weight is 242 g/mol. The van der Waals surface area contributed by atoms with Crippen LogP contribution in [-0.4, -0.2) is 19.5 Å². The lowest BCUT2D eigenvalue weighted by Gasteiger charge is -2.28. The first-order valence-corrected chi connectivity index (χ1v) is 7.07. The maximum Gasteiger partial charge on any atom is 0.187 e. The van der Waals surface area contributed by atoms with E-state index in [4.69, 9.17) is 9.47 Å². The van der Waals surface area contributed by atoms with Gasteiger partial charge in [0.15, 0.2) is 5.79 Å². The molecule has 0 heterocycles. The van der Waals surface area contributed by atoms with E-state index in [0.29, 0.717) is 6.61 Å². The van der Waals surface area contributed by atoms with Gasteiger partial charge in [0.1, 0.15) is 0 Å². The van der Waals surface area contributed by atoms with Gasteiger partial charge in [-0.25, -0.2) is 0 Å². The quantitative estimate of drug-likeness (QED) is 0.281. The van der Waals surface area contributed by atoms with E-state index >= 15 is 0 Å². The van der Waals surface area contributed by atoms with Crippen LogP contribution in [0.2, 0.25) is 0 Å². The largest absolute Gasteiger partial charge is 0.350 e. The van der Waals surface area contributed by atoms with Crippen molar-refractivity contribution in [3.63, 3.8) is 0 Å². The van der Waals surface area contributed by atoms with E-state index in [1.807, 2.05) is 6.92 Å². The van der Waals surface area contributed by atoms with Crippen molar-refractivity contribution in [3.8, 4) is 0 Å². The maximum atomic E-state index is 5.63. The number of ether oxygens (including phenoxy) is 2. The highest BCUT2D eigenvalue weighted by molar-refractivity contribution is 4.89. The zero-order chi connectivity index (χ0) is 13.0. The molecule has 0 aromatic heterocycles. The van der Waals surface area contributed by atoms with E-state index in [9.17, 15) is 0 Å². The van der Waals surface area contributed by atoms with Crippen LogP contribution in [0, 0.1) is 0 Å². The number of hydrogen-bond acceptors (Lipinski definition) is 2. The van der Waals surface area contributed by atoms with E-state index in [1.165, 1.54) is 38.5 Å². The fourth-order valence-corrected chi connectivity index (χ4v) is 2.05. The molecule has 0 N–H and O–H groups in total. The Morgan fingerprint density at radius 3 is 2.06 bits per heavy atom. The van der Waals surface area contributed by atoms with E-state index < -0.39 is 5.79 Å². The van der Waals surface area contributed by atoms with Gasteiger partial charge >= 0.3 is 0 Å². The molecule has 0 fully saturated rings. The molecule has 0 saturated heterocycles. The summed E-state index contributed by atoms with van der Waals surface area (Å²) in [6, 6.07) is 0. The van der Waals surface area contributed by atoms with Crippen LogP contribution in [0.4, 0.5) is 0 Å². The van der Waals surface area contributed by atoms with Gasteiger partial charge in [0.25, 0.3) is 0 Å². The fraction of sp³-hybridized carbons (Fsp3) is 0.867. The second-order valence-electron chi connectivity index (χ2n) is 4.52. The van der Waals surface area contributed by atoms with Gasteiger partial charge in [-0.2, -0.15) is 0 Å². The zero-order valence-electron chi connectivity index (χ0n) is 12.0. The van der Waals surface area contributed by atoms with Gasteiger partial charge in [0.2, 0.25) is 0 Å². The lowest BCUT2D eigenvalue weighted by atomic mass is 10.0. The van der Waals surface area contributed by atoms with Crippen molar-refractivity contribution >= 4 is 0 Å². The molecule has 0 aliphatic carbocycles.